The third-order valence-electron chi connectivity index (χ3n) is 2.19. The van der Waals surface area contributed by atoms with Crippen LogP contribution < -0.4 is 4.74 Å². The lowest BCUT2D eigenvalue weighted by Gasteiger charge is -2.07. The summed E-state index contributed by atoms with van der Waals surface area (Å²) in [6, 6.07) is 5.64. The highest BCUT2D eigenvalue weighted by atomic mass is 16.5. The smallest absolute Gasteiger partial charge is 0.334 e. The molecule has 0 unspecified atom stereocenters. The molecule has 0 fully saturated rings. The van der Waals surface area contributed by atoms with E-state index in [-0.39, 0.29) is 12.2 Å². The maximum absolute atomic E-state index is 10.5. The molecule has 3 heteroatoms. The second kappa shape index (κ2) is 4.64. The minimum absolute atomic E-state index is 0.0117. The molecule has 1 aromatic carbocycles. The van der Waals surface area contributed by atoms with Crippen molar-refractivity contribution in [3.8, 4) is 5.75 Å². The fourth-order valence-corrected chi connectivity index (χ4v) is 1.04. The fourth-order valence-electron chi connectivity index (χ4n) is 1.04. The van der Waals surface area contributed by atoms with E-state index in [4.69, 9.17) is 9.84 Å². The standard InChI is InChI=1S/C12H14O3/c1-8-4-5-11(6-9(8)2)15-7-10(3)12(13)14/h4-6H,3,7H2,1-2H3,(H,13,14). The van der Waals surface area contributed by atoms with Crippen LogP contribution in [0.25, 0.3) is 0 Å². The molecule has 3 nitrogen and oxygen atoms in total. The molecule has 0 amide bonds. The molecule has 0 heterocycles. The lowest BCUT2D eigenvalue weighted by Crippen LogP contribution is -2.08. The van der Waals surface area contributed by atoms with E-state index in [1.807, 2.05) is 32.0 Å². The van der Waals surface area contributed by atoms with Crippen LogP contribution in [0.2, 0.25) is 0 Å². The first-order valence-corrected chi connectivity index (χ1v) is 4.62. The first-order valence-electron chi connectivity index (χ1n) is 4.62. The summed E-state index contributed by atoms with van der Waals surface area (Å²) < 4.78 is 5.28. The van der Waals surface area contributed by atoms with Crippen LogP contribution in [0.4, 0.5) is 0 Å². The van der Waals surface area contributed by atoms with Crippen LogP contribution in [-0.4, -0.2) is 17.7 Å². The summed E-state index contributed by atoms with van der Waals surface area (Å²) >= 11 is 0. The Morgan fingerprint density at radius 3 is 2.60 bits per heavy atom. The van der Waals surface area contributed by atoms with E-state index in [0.717, 1.165) is 5.56 Å². The molecule has 0 aliphatic heterocycles. The van der Waals surface area contributed by atoms with Gasteiger partial charge < -0.3 is 9.84 Å². The highest BCUT2D eigenvalue weighted by Gasteiger charge is 2.04. The van der Waals surface area contributed by atoms with Crippen LogP contribution in [0.5, 0.6) is 5.75 Å². The third kappa shape index (κ3) is 3.13. The minimum Gasteiger partial charge on any atom is -0.489 e. The van der Waals surface area contributed by atoms with Crippen LogP contribution in [0.1, 0.15) is 11.1 Å². The molecular formula is C12H14O3. The highest BCUT2D eigenvalue weighted by molar-refractivity contribution is 5.86. The third-order valence-corrected chi connectivity index (χ3v) is 2.19. The van der Waals surface area contributed by atoms with E-state index in [0.29, 0.717) is 5.75 Å². The second-order valence-corrected chi connectivity index (χ2v) is 3.44. The summed E-state index contributed by atoms with van der Waals surface area (Å²) in [5, 5.41) is 8.58. The molecule has 0 bridgehead atoms. The van der Waals surface area contributed by atoms with Crippen molar-refractivity contribution in [2.45, 2.75) is 13.8 Å². The van der Waals surface area contributed by atoms with Crippen molar-refractivity contribution < 1.29 is 14.6 Å². The summed E-state index contributed by atoms with van der Waals surface area (Å²) in [7, 11) is 0. The number of rotatable bonds is 4. The van der Waals surface area contributed by atoms with Crippen molar-refractivity contribution in [3.63, 3.8) is 0 Å². The molecule has 1 aromatic rings. The molecule has 80 valence electrons. The predicted molar refractivity (Wildman–Crippen MR) is 58.2 cm³/mol. The van der Waals surface area contributed by atoms with Crippen molar-refractivity contribution in [2.24, 2.45) is 0 Å². The molecule has 0 aliphatic carbocycles. The molecular weight excluding hydrogens is 192 g/mol. The largest absolute Gasteiger partial charge is 0.489 e. The summed E-state index contributed by atoms with van der Waals surface area (Å²) in [5.74, 6) is -0.362. The van der Waals surface area contributed by atoms with E-state index >= 15 is 0 Å². The van der Waals surface area contributed by atoms with Gasteiger partial charge in [0.1, 0.15) is 12.4 Å². The van der Waals surface area contributed by atoms with Gasteiger partial charge in [0.05, 0.1) is 5.57 Å². The van der Waals surface area contributed by atoms with Crippen LogP contribution in [0, 0.1) is 13.8 Å². The lowest BCUT2D eigenvalue weighted by molar-refractivity contribution is -0.133. The molecule has 0 spiro atoms. The Labute approximate surface area is 89.0 Å². The first kappa shape index (κ1) is 11.3. The van der Waals surface area contributed by atoms with Crippen LogP contribution >= 0.6 is 0 Å². The van der Waals surface area contributed by atoms with E-state index in [9.17, 15) is 4.79 Å². The molecule has 0 aromatic heterocycles. The van der Waals surface area contributed by atoms with Gasteiger partial charge in [0.25, 0.3) is 0 Å². The van der Waals surface area contributed by atoms with E-state index < -0.39 is 5.97 Å². The zero-order valence-corrected chi connectivity index (χ0v) is 8.91. The lowest BCUT2D eigenvalue weighted by atomic mass is 10.1. The van der Waals surface area contributed by atoms with Crippen molar-refractivity contribution in [1.29, 1.82) is 0 Å². The second-order valence-electron chi connectivity index (χ2n) is 3.44. The molecule has 1 N–H and O–H groups in total. The average molecular weight is 206 g/mol. The number of hydrogen-bond donors (Lipinski definition) is 1. The van der Waals surface area contributed by atoms with Crippen molar-refractivity contribution in [1.82, 2.24) is 0 Å². The van der Waals surface area contributed by atoms with E-state index in [1.54, 1.807) is 0 Å². The molecule has 0 aliphatic rings. The fraction of sp³-hybridized carbons (Fsp3) is 0.250. The van der Waals surface area contributed by atoms with E-state index in [1.165, 1.54) is 5.56 Å². The van der Waals surface area contributed by atoms with Gasteiger partial charge in [-0.05, 0) is 37.1 Å². The molecule has 15 heavy (non-hydrogen) atoms. The predicted octanol–water partition coefficient (Wildman–Crippen LogP) is 2.32. The van der Waals surface area contributed by atoms with Crippen molar-refractivity contribution in [2.75, 3.05) is 6.61 Å². The van der Waals surface area contributed by atoms with Gasteiger partial charge in [0, 0.05) is 0 Å². The Kier molecular flexibility index (Phi) is 3.50. The van der Waals surface area contributed by atoms with Gasteiger partial charge in [-0.15, -0.1) is 0 Å². The van der Waals surface area contributed by atoms with Crippen LogP contribution in [0.15, 0.2) is 30.4 Å². The topological polar surface area (TPSA) is 46.5 Å². The maximum atomic E-state index is 10.5. The number of aryl methyl sites for hydroxylation is 2. The van der Waals surface area contributed by atoms with Crippen molar-refractivity contribution in [3.05, 3.63) is 41.5 Å². The van der Waals surface area contributed by atoms with Gasteiger partial charge in [-0.25, -0.2) is 4.79 Å². The zero-order chi connectivity index (χ0) is 11.4. The molecule has 0 atom stereocenters. The normalized spacial score (nSPS) is 9.73. The minimum atomic E-state index is -1.03. The summed E-state index contributed by atoms with van der Waals surface area (Å²) in [5.41, 5.74) is 2.35. The molecule has 0 saturated heterocycles. The summed E-state index contributed by atoms with van der Waals surface area (Å²) in [6.07, 6.45) is 0. The number of benzene rings is 1. The quantitative estimate of drug-likeness (QED) is 0.769. The number of ether oxygens (including phenoxy) is 1. The van der Waals surface area contributed by atoms with Crippen molar-refractivity contribution >= 4 is 5.97 Å². The van der Waals surface area contributed by atoms with Gasteiger partial charge in [-0.1, -0.05) is 12.6 Å². The number of carboxylic acid groups (broad SMARTS) is 1. The highest BCUT2D eigenvalue weighted by Crippen LogP contribution is 2.16. The number of carboxylic acids is 1. The Hall–Kier alpha value is -1.77. The number of aliphatic carboxylic acids is 1. The average Bonchev–Trinajstić information content (AvgIpc) is 2.19. The van der Waals surface area contributed by atoms with Crippen LogP contribution in [0.3, 0.4) is 0 Å². The number of hydrogen-bond acceptors (Lipinski definition) is 2. The Balaban J connectivity index is 2.62. The number of carbonyl (C=O) groups is 1. The maximum Gasteiger partial charge on any atom is 0.334 e. The Morgan fingerprint density at radius 2 is 2.07 bits per heavy atom. The SMILES string of the molecule is C=C(COc1ccc(C)c(C)c1)C(=O)O. The van der Waals surface area contributed by atoms with Gasteiger partial charge in [-0.2, -0.15) is 0 Å². The molecule has 0 saturated carbocycles. The van der Waals surface area contributed by atoms with Crippen LogP contribution in [-0.2, 0) is 4.79 Å². The zero-order valence-electron chi connectivity index (χ0n) is 8.91. The van der Waals surface area contributed by atoms with Gasteiger partial charge in [-0.3, -0.25) is 0 Å². The van der Waals surface area contributed by atoms with E-state index in [2.05, 4.69) is 6.58 Å². The monoisotopic (exact) mass is 206 g/mol. The Morgan fingerprint density at radius 1 is 1.40 bits per heavy atom. The summed E-state index contributed by atoms with van der Waals surface area (Å²) in [4.78, 5) is 10.5. The van der Waals surface area contributed by atoms with Gasteiger partial charge in [0.2, 0.25) is 0 Å². The molecule has 1 rings (SSSR count). The first-order chi connectivity index (χ1) is 7.00. The van der Waals surface area contributed by atoms with Gasteiger partial charge in [0.15, 0.2) is 0 Å². The van der Waals surface area contributed by atoms with Gasteiger partial charge >= 0.3 is 5.97 Å². The molecule has 0 radical (unpaired) electrons. The Bertz CT molecular complexity index is 394. The summed E-state index contributed by atoms with van der Waals surface area (Å²) in [6.45, 7) is 7.39.